The summed E-state index contributed by atoms with van der Waals surface area (Å²) in [7, 11) is 0. The first-order valence-electron chi connectivity index (χ1n) is 6.84. The first-order valence-corrected chi connectivity index (χ1v) is 7.91. The topological polar surface area (TPSA) is 29.3 Å². The molecule has 2 nitrogen and oxygen atoms in total. The molecule has 0 amide bonds. The standard InChI is InChI=1S/C15H24Cl2N2/c1-3-14(18)11-13-4-5-15(10-12(13)2)19(8-6-16)9-7-17/h4-5,10,14H,3,6-9,11,18H2,1-2H3. The summed E-state index contributed by atoms with van der Waals surface area (Å²) in [5.41, 5.74) is 9.83. The van der Waals surface area contributed by atoms with Gasteiger partial charge in [-0.2, -0.15) is 0 Å². The normalized spacial score (nSPS) is 12.5. The molecule has 1 aromatic rings. The lowest BCUT2D eigenvalue weighted by Crippen LogP contribution is -2.27. The third-order valence-corrected chi connectivity index (χ3v) is 3.74. The first-order chi connectivity index (χ1) is 9.12. The monoisotopic (exact) mass is 302 g/mol. The smallest absolute Gasteiger partial charge is 0.0399 e. The van der Waals surface area contributed by atoms with Crippen LogP contribution in [-0.4, -0.2) is 30.9 Å². The van der Waals surface area contributed by atoms with Gasteiger partial charge in [0.25, 0.3) is 0 Å². The molecule has 0 saturated carbocycles. The third kappa shape index (κ3) is 5.21. The maximum atomic E-state index is 6.02. The molecule has 0 aliphatic heterocycles. The third-order valence-electron chi connectivity index (χ3n) is 3.41. The van der Waals surface area contributed by atoms with Crippen LogP contribution in [0.1, 0.15) is 24.5 Å². The van der Waals surface area contributed by atoms with Gasteiger partial charge >= 0.3 is 0 Å². The quantitative estimate of drug-likeness (QED) is 0.744. The van der Waals surface area contributed by atoms with Crippen molar-refractivity contribution >= 4 is 28.9 Å². The van der Waals surface area contributed by atoms with E-state index in [1.54, 1.807) is 0 Å². The van der Waals surface area contributed by atoms with E-state index in [0.717, 1.165) is 25.9 Å². The van der Waals surface area contributed by atoms with Crippen LogP contribution in [0, 0.1) is 6.92 Å². The fourth-order valence-corrected chi connectivity index (χ4v) is 2.51. The van der Waals surface area contributed by atoms with Crippen molar-refractivity contribution in [2.45, 2.75) is 32.7 Å². The Balaban J connectivity index is 2.84. The Morgan fingerprint density at radius 2 is 1.84 bits per heavy atom. The summed E-state index contributed by atoms with van der Waals surface area (Å²) in [6.07, 6.45) is 1.94. The van der Waals surface area contributed by atoms with Gasteiger partial charge in [0.15, 0.2) is 0 Å². The Morgan fingerprint density at radius 1 is 1.21 bits per heavy atom. The highest BCUT2D eigenvalue weighted by atomic mass is 35.5. The highest BCUT2D eigenvalue weighted by molar-refractivity contribution is 6.18. The molecule has 1 unspecified atom stereocenters. The molecule has 108 valence electrons. The van der Waals surface area contributed by atoms with Crippen LogP contribution in [0.25, 0.3) is 0 Å². The zero-order chi connectivity index (χ0) is 14.3. The fourth-order valence-electron chi connectivity index (χ4n) is 2.11. The number of hydrogen-bond acceptors (Lipinski definition) is 2. The Kier molecular flexibility index (Phi) is 7.59. The second kappa shape index (κ2) is 8.68. The number of halogens is 2. The van der Waals surface area contributed by atoms with Gasteiger partial charge in [-0.1, -0.05) is 13.0 Å². The van der Waals surface area contributed by atoms with Crippen LogP contribution in [-0.2, 0) is 6.42 Å². The zero-order valence-electron chi connectivity index (χ0n) is 11.8. The number of nitrogens with two attached hydrogens (primary N) is 1. The first kappa shape index (κ1) is 16.6. The molecule has 0 aromatic heterocycles. The fraction of sp³-hybridized carbons (Fsp3) is 0.600. The maximum absolute atomic E-state index is 6.02. The van der Waals surface area contributed by atoms with E-state index in [1.165, 1.54) is 16.8 Å². The van der Waals surface area contributed by atoms with Crippen LogP contribution in [0.3, 0.4) is 0 Å². The number of nitrogens with zero attached hydrogens (tertiary/aromatic N) is 1. The highest BCUT2D eigenvalue weighted by Gasteiger charge is 2.09. The molecule has 1 rings (SSSR count). The van der Waals surface area contributed by atoms with Crippen LogP contribution in [0.5, 0.6) is 0 Å². The van der Waals surface area contributed by atoms with Crippen LogP contribution < -0.4 is 10.6 Å². The van der Waals surface area contributed by atoms with Crippen molar-refractivity contribution in [2.75, 3.05) is 29.7 Å². The van der Waals surface area contributed by atoms with E-state index in [-0.39, 0.29) is 6.04 Å². The van der Waals surface area contributed by atoms with Gasteiger partial charge in [-0.15, -0.1) is 23.2 Å². The summed E-state index contributed by atoms with van der Waals surface area (Å²) in [6, 6.07) is 6.77. The number of rotatable bonds is 8. The van der Waals surface area contributed by atoms with E-state index < -0.39 is 0 Å². The van der Waals surface area contributed by atoms with Gasteiger partial charge in [0.05, 0.1) is 0 Å². The van der Waals surface area contributed by atoms with E-state index in [1.807, 2.05) is 0 Å². The summed E-state index contributed by atoms with van der Waals surface area (Å²) in [5.74, 6) is 1.22. The molecule has 2 N–H and O–H groups in total. The number of alkyl halides is 2. The van der Waals surface area contributed by atoms with Crippen LogP contribution in [0.4, 0.5) is 5.69 Å². The molecular weight excluding hydrogens is 279 g/mol. The van der Waals surface area contributed by atoms with E-state index in [9.17, 15) is 0 Å². The van der Waals surface area contributed by atoms with Crippen molar-refractivity contribution in [1.82, 2.24) is 0 Å². The minimum absolute atomic E-state index is 0.242. The molecule has 19 heavy (non-hydrogen) atoms. The van der Waals surface area contributed by atoms with Gasteiger partial charge < -0.3 is 10.6 Å². The molecule has 1 aromatic carbocycles. The van der Waals surface area contributed by atoms with Crippen molar-refractivity contribution in [3.8, 4) is 0 Å². The average molecular weight is 303 g/mol. The predicted molar refractivity (Wildman–Crippen MR) is 86.8 cm³/mol. The second-order valence-corrected chi connectivity index (χ2v) is 5.60. The van der Waals surface area contributed by atoms with Crippen LogP contribution in [0.2, 0.25) is 0 Å². The summed E-state index contributed by atoms with van der Waals surface area (Å²) < 4.78 is 0. The van der Waals surface area contributed by atoms with Gasteiger partial charge in [0.2, 0.25) is 0 Å². The van der Waals surface area contributed by atoms with E-state index in [4.69, 9.17) is 28.9 Å². The maximum Gasteiger partial charge on any atom is 0.0399 e. The SMILES string of the molecule is CCC(N)Cc1ccc(N(CCCl)CCCl)cc1C. The van der Waals surface area contributed by atoms with Crippen molar-refractivity contribution < 1.29 is 0 Å². The Labute approximate surface area is 126 Å². The molecule has 0 spiro atoms. The molecule has 0 heterocycles. The number of aryl methyl sites for hydroxylation is 1. The molecule has 0 saturated heterocycles. The second-order valence-electron chi connectivity index (χ2n) is 4.85. The van der Waals surface area contributed by atoms with E-state index in [2.05, 4.69) is 36.9 Å². The number of anilines is 1. The Bertz CT molecular complexity index is 376. The summed E-state index contributed by atoms with van der Waals surface area (Å²) >= 11 is 11.7. The molecular formula is C15H24Cl2N2. The number of benzene rings is 1. The zero-order valence-corrected chi connectivity index (χ0v) is 13.3. The van der Waals surface area contributed by atoms with E-state index in [0.29, 0.717) is 11.8 Å². The summed E-state index contributed by atoms with van der Waals surface area (Å²) in [6.45, 7) is 5.90. The van der Waals surface area contributed by atoms with Crippen molar-refractivity contribution in [3.63, 3.8) is 0 Å². The van der Waals surface area contributed by atoms with Crippen molar-refractivity contribution in [3.05, 3.63) is 29.3 Å². The lowest BCUT2D eigenvalue weighted by Gasteiger charge is -2.24. The van der Waals surface area contributed by atoms with Gasteiger partial charge in [-0.3, -0.25) is 0 Å². The molecule has 0 fully saturated rings. The van der Waals surface area contributed by atoms with Gasteiger partial charge in [0.1, 0.15) is 0 Å². The molecule has 0 bridgehead atoms. The van der Waals surface area contributed by atoms with Gasteiger partial charge in [-0.05, 0) is 43.0 Å². The highest BCUT2D eigenvalue weighted by Crippen LogP contribution is 2.20. The van der Waals surface area contributed by atoms with Gasteiger partial charge in [0, 0.05) is 36.6 Å². The largest absolute Gasteiger partial charge is 0.369 e. The molecule has 0 aliphatic carbocycles. The molecule has 4 heteroatoms. The van der Waals surface area contributed by atoms with Crippen molar-refractivity contribution in [2.24, 2.45) is 5.73 Å². The number of hydrogen-bond donors (Lipinski definition) is 1. The summed E-state index contributed by atoms with van der Waals surface area (Å²) in [4.78, 5) is 2.22. The minimum Gasteiger partial charge on any atom is -0.369 e. The Hall–Kier alpha value is -0.440. The summed E-state index contributed by atoms with van der Waals surface area (Å²) in [5, 5.41) is 0. The lowest BCUT2D eigenvalue weighted by molar-refractivity contribution is 0.644. The van der Waals surface area contributed by atoms with Gasteiger partial charge in [-0.25, -0.2) is 0 Å². The predicted octanol–water partition coefficient (Wildman–Crippen LogP) is 3.56. The minimum atomic E-state index is 0.242. The Morgan fingerprint density at radius 3 is 2.32 bits per heavy atom. The van der Waals surface area contributed by atoms with Crippen molar-refractivity contribution in [1.29, 1.82) is 0 Å². The molecule has 1 atom stereocenters. The molecule has 0 aliphatic rings. The van der Waals surface area contributed by atoms with Crippen LogP contribution >= 0.6 is 23.2 Å². The van der Waals surface area contributed by atoms with E-state index >= 15 is 0 Å². The molecule has 0 radical (unpaired) electrons. The average Bonchev–Trinajstić information content (AvgIpc) is 2.40. The van der Waals surface area contributed by atoms with Crippen LogP contribution in [0.15, 0.2) is 18.2 Å². The lowest BCUT2D eigenvalue weighted by atomic mass is 9.99.